The standard InChI is InChI=1S/C33H30ClN3O5/c1-2-42-33(41)22(15-23-19-35-27-9-5-3-8-26(23)27)17-30(38)29(37-32(40)20-11-13-24(34)14-12-20)16-21-18-31(39)36-28-10-6-4-7-25(21)28/h3-14,18-19,22,29,35H,2,15-17H2,1H3,(H,36,39)(H,37,40). The second-order valence-electron chi connectivity index (χ2n) is 10.1. The molecule has 2 aromatic heterocycles. The van der Waals surface area contributed by atoms with Gasteiger partial charge in [-0.05, 0) is 60.9 Å². The molecule has 3 aromatic carbocycles. The maximum Gasteiger partial charge on any atom is 0.309 e. The van der Waals surface area contributed by atoms with Gasteiger partial charge in [0.1, 0.15) is 0 Å². The first-order valence-electron chi connectivity index (χ1n) is 13.7. The lowest BCUT2D eigenvalue weighted by atomic mass is 9.89. The fourth-order valence-corrected chi connectivity index (χ4v) is 5.33. The smallest absolute Gasteiger partial charge is 0.309 e. The third-order valence-electron chi connectivity index (χ3n) is 7.27. The van der Waals surface area contributed by atoms with Crippen LogP contribution in [0.15, 0.2) is 89.9 Å². The first kappa shape index (κ1) is 28.8. The molecule has 0 radical (unpaired) electrons. The zero-order valence-electron chi connectivity index (χ0n) is 23.0. The molecule has 0 aliphatic carbocycles. The normalized spacial score (nSPS) is 12.6. The highest BCUT2D eigenvalue weighted by Gasteiger charge is 2.30. The SMILES string of the molecule is CCOC(=O)C(CC(=O)C(Cc1cc(=O)[nH]c2ccccc12)NC(=O)c1ccc(Cl)cc1)Cc1c[nH]c2ccccc12. The topological polar surface area (TPSA) is 121 Å². The van der Waals surface area contributed by atoms with Gasteiger partial charge in [0.25, 0.3) is 5.91 Å². The van der Waals surface area contributed by atoms with Gasteiger partial charge in [0.05, 0.1) is 18.6 Å². The molecule has 5 aromatic rings. The van der Waals surface area contributed by atoms with Crippen molar-refractivity contribution in [1.82, 2.24) is 15.3 Å². The first-order valence-corrected chi connectivity index (χ1v) is 14.1. The first-order chi connectivity index (χ1) is 20.3. The van der Waals surface area contributed by atoms with E-state index in [2.05, 4.69) is 15.3 Å². The van der Waals surface area contributed by atoms with E-state index in [4.69, 9.17) is 16.3 Å². The molecule has 3 N–H and O–H groups in total. The Morgan fingerprint density at radius 3 is 2.26 bits per heavy atom. The van der Waals surface area contributed by atoms with E-state index in [0.29, 0.717) is 21.7 Å². The van der Waals surface area contributed by atoms with Gasteiger partial charge in [0, 0.05) is 57.5 Å². The van der Waals surface area contributed by atoms with Crippen LogP contribution in [0, 0.1) is 5.92 Å². The van der Waals surface area contributed by atoms with E-state index < -0.39 is 23.8 Å². The molecular formula is C33H30ClN3O5. The number of aromatic amines is 2. The molecule has 8 nitrogen and oxygen atoms in total. The molecule has 0 saturated heterocycles. The molecule has 5 rings (SSSR count). The summed E-state index contributed by atoms with van der Waals surface area (Å²) in [7, 11) is 0. The van der Waals surface area contributed by atoms with Crippen LogP contribution >= 0.6 is 11.6 Å². The maximum absolute atomic E-state index is 14.0. The average molecular weight is 584 g/mol. The van der Waals surface area contributed by atoms with Crippen molar-refractivity contribution >= 4 is 51.1 Å². The highest BCUT2D eigenvalue weighted by molar-refractivity contribution is 6.30. The number of carbonyl (C=O) groups is 3. The Morgan fingerprint density at radius 2 is 1.55 bits per heavy atom. The highest BCUT2D eigenvalue weighted by Crippen LogP contribution is 2.24. The fourth-order valence-electron chi connectivity index (χ4n) is 5.20. The number of fused-ring (bicyclic) bond motifs is 2. The number of aromatic nitrogens is 2. The van der Waals surface area contributed by atoms with Crippen LogP contribution in [0.3, 0.4) is 0 Å². The second kappa shape index (κ2) is 12.9. The number of para-hydroxylation sites is 2. The Hall–Kier alpha value is -4.69. The number of halogens is 1. The Bertz CT molecular complexity index is 1810. The summed E-state index contributed by atoms with van der Waals surface area (Å²) in [5.41, 5.74) is 3.05. The van der Waals surface area contributed by atoms with Crippen LogP contribution in [0.4, 0.5) is 0 Å². The van der Waals surface area contributed by atoms with Gasteiger partial charge in [-0.1, -0.05) is 48.0 Å². The molecule has 0 aliphatic rings. The number of hydrogen-bond acceptors (Lipinski definition) is 5. The summed E-state index contributed by atoms with van der Waals surface area (Å²) in [5, 5.41) is 5.04. The van der Waals surface area contributed by atoms with Crippen LogP contribution in [-0.2, 0) is 27.2 Å². The van der Waals surface area contributed by atoms with E-state index >= 15 is 0 Å². The molecule has 0 bridgehead atoms. The van der Waals surface area contributed by atoms with Gasteiger partial charge >= 0.3 is 5.97 Å². The number of ether oxygens (including phenoxy) is 1. The highest BCUT2D eigenvalue weighted by atomic mass is 35.5. The van der Waals surface area contributed by atoms with Crippen molar-refractivity contribution in [2.75, 3.05) is 6.61 Å². The second-order valence-corrected chi connectivity index (χ2v) is 10.6. The number of nitrogens with one attached hydrogen (secondary N) is 3. The third-order valence-corrected chi connectivity index (χ3v) is 7.52. The van der Waals surface area contributed by atoms with Gasteiger partial charge in [0.15, 0.2) is 5.78 Å². The van der Waals surface area contributed by atoms with Gasteiger partial charge in [-0.2, -0.15) is 0 Å². The molecule has 0 spiro atoms. The minimum Gasteiger partial charge on any atom is -0.466 e. The zero-order chi connectivity index (χ0) is 29.6. The number of pyridine rings is 1. The van der Waals surface area contributed by atoms with Gasteiger partial charge in [-0.25, -0.2) is 0 Å². The quantitative estimate of drug-likeness (QED) is 0.180. The van der Waals surface area contributed by atoms with E-state index in [1.807, 2.05) is 48.7 Å². The summed E-state index contributed by atoms with van der Waals surface area (Å²) in [6, 6.07) is 21.8. The molecule has 0 saturated carbocycles. The molecule has 0 fully saturated rings. The van der Waals surface area contributed by atoms with Crippen LogP contribution in [0.1, 0.15) is 34.8 Å². The molecule has 2 heterocycles. The molecule has 9 heteroatoms. The molecular weight excluding hydrogens is 554 g/mol. The van der Waals surface area contributed by atoms with Crippen LogP contribution in [0.25, 0.3) is 21.8 Å². The van der Waals surface area contributed by atoms with Crippen molar-refractivity contribution in [1.29, 1.82) is 0 Å². The predicted molar refractivity (Wildman–Crippen MR) is 163 cm³/mol. The lowest BCUT2D eigenvalue weighted by Gasteiger charge is -2.22. The van der Waals surface area contributed by atoms with Crippen molar-refractivity contribution in [3.8, 4) is 0 Å². The van der Waals surface area contributed by atoms with Crippen molar-refractivity contribution in [2.24, 2.45) is 5.92 Å². The Labute approximate surface area is 247 Å². The van der Waals surface area contributed by atoms with E-state index in [1.54, 1.807) is 37.3 Å². The number of H-pyrrole nitrogens is 2. The lowest BCUT2D eigenvalue weighted by molar-refractivity contribution is -0.149. The summed E-state index contributed by atoms with van der Waals surface area (Å²) < 4.78 is 5.35. The molecule has 2 atom stereocenters. The Balaban J connectivity index is 1.46. The number of rotatable bonds is 11. The minimum absolute atomic E-state index is 0.0607. The number of hydrogen-bond donors (Lipinski definition) is 3. The van der Waals surface area contributed by atoms with E-state index in [-0.39, 0.29) is 37.2 Å². The monoisotopic (exact) mass is 583 g/mol. The Kier molecular flexibility index (Phi) is 8.83. The van der Waals surface area contributed by atoms with Crippen LogP contribution in [0.5, 0.6) is 0 Å². The van der Waals surface area contributed by atoms with Crippen LogP contribution in [-0.4, -0.2) is 40.3 Å². The number of esters is 1. The molecule has 0 aliphatic heterocycles. The molecule has 2 unspecified atom stereocenters. The van der Waals surface area contributed by atoms with Crippen molar-refractivity contribution in [2.45, 2.75) is 32.2 Å². The lowest BCUT2D eigenvalue weighted by Crippen LogP contribution is -2.44. The molecule has 42 heavy (non-hydrogen) atoms. The predicted octanol–water partition coefficient (Wildman–Crippen LogP) is 5.39. The zero-order valence-corrected chi connectivity index (χ0v) is 23.7. The summed E-state index contributed by atoms with van der Waals surface area (Å²) in [6.45, 7) is 1.89. The Morgan fingerprint density at radius 1 is 0.881 bits per heavy atom. The maximum atomic E-state index is 14.0. The summed E-state index contributed by atoms with van der Waals surface area (Å²) in [6.07, 6.45) is 2.01. The van der Waals surface area contributed by atoms with Gasteiger partial charge in [0.2, 0.25) is 5.56 Å². The van der Waals surface area contributed by atoms with Crippen LogP contribution in [0.2, 0.25) is 5.02 Å². The number of amides is 1. The van der Waals surface area contributed by atoms with Crippen molar-refractivity contribution in [3.63, 3.8) is 0 Å². The molecule has 214 valence electrons. The van der Waals surface area contributed by atoms with Crippen LogP contribution < -0.4 is 10.9 Å². The van der Waals surface area contributed by atoms with E-state index in [0.717, 1.165) is 21.9 Å². The number of ketones is 1. The summed E-state index contributed by atoms with van der Waals surface area (Å²) >= 11 is 5.99. The summed E-state index contributed by atoms with van der Waals surface area (Å²) in [4.78, 5) is 58.8. The number of benzene rings is 3. The molecule has 1 amide bonds. The number of Topliss-reactive ketones (excluding diaryl/α,β-unsaturated/α-hetero) is 1. The summed E-state index contributed by atoms with van der Waals surface area (Å²) in [5.74, 6) is -2.08. The fraction of sp³-hybridized carbons (Fsp3) is 0.212. The number of carbonyl (C=O) groups excluding carboxylic acids is 3. The third kappa shape index (κ3) is 6.61. The van der Waals surface area contributed by atoms with Gasteiger partial charge in [-0.15, -0.1) is 0 Å². The van der Waals surface area contributed by atoms with Crippen molar-refractivity contribution < 1.29 is 19.1 Å². The van der Waals surface area contributed by atoms with Gasteiger partial charge in [-0.3, -0.25) is 19.2 Å². The largest absolute Gasteiger partial charge is 0.466 e. The average Bonchev–Trinajstić information content (AvgIpc) is 3.39. The van der Waals surface area contributed by atoms with Crippen molar-refractivity contribution in [3.05, 3.63) is 117 Å². The minimum atomic E-state index is -1.02. The van der Waals surface area contributed by atoms with E-state index in [1.165, 1.54) is 6.07 Å². The van der Waals surface area contributed by atoms with E-state index in [9.17, 15) is 19.2 Å². The van der Waals surface area contributed by atoms with Gasteiger partial charge < -0.3 is 20.0 Å².